The molecule has 3 amide bonds. The van der Waals surface area contributed by atoms with Crippen molar-refractivity contribution in [1.82, 2.24) is 20.8 Å². The van der Waals surface area contributed by atoms with Gasteiger partial charge in [-0.25, -0.2) is 4.79 Å². The van der Waals surface area contributed by atoms with Crippen LogP contribution in [0.25, 0.3) is 0 Å². The molecule has 2 aromatic rings. The van der Waals surface area contributed by atoms with E-state index in [4.69, 9.17) is 4.52 Å². The number of carbonyl (C=O) groups is 2. The van der Waals surface area contributed by atoms with Crippen molar-refractivity contribution in [2.75, 3.05) is 11.9 Å². The number of urea groups is 1. The molecule has 1 saturated heterocycles. The Balaban J connectivity index is 1.40. The first-order valence-corrected chi connectivity index (χ1v) is 8.78. The van der Waals surface area contributed by atoms with Gasteiger partial charge in [-0.2, -0.15) is 4.98 Å². The second-order valence-electron chi connectivity index (χ2n) is 7.04. The van der Waals surface area contributed by atoms with Gasteiger partial charge in [-0.15, -0.1) is 0 Å². The molecule has 0 radical (unpaired) electrons. The monoisotopic (exact) mass is 355 g/mol. The molecule has 1 aliphatic heterocycles. The summed E-state index contributed by atoms with van der Waals surface area (Å²) in [4.78, 5) is 29.9. The van der Waals surface area contributed by atoms with Crippen LogP contribution in [0.5, 0.6) is 0 Å². The Morgan fingerprint density at radius 3 is 2.62 bits per heavy atom. The van der Waals surface area contributed by atoms with Gasteiger partial charge in [-0.3, -0.25) is 10.1 Å². The van der Waals surface area contributed by atoms with E-state index in [1.165, 1.54) is 5.56 Å². The number of anilines is 1. The molecule has 0 atom stereocenters. The maximum absolute atomic E-state index is 12.0. The Bertz CT molecular complexity index is 811. The smallest absolute Gasteiger partial charge is 0.322 e. The van der Waals surface area contributed by atoms with Crippen molar-refractivity contribution in [2.24, 2.45) is 0 Å². The van der Waals surface area contributed by atoms with Crippen molar-refractivity contribution in [2.45, 2.75) is 43.7 Å². The molecule has 2 aliphatic rings. The van der Waals surface area contributed by atoms with E-state index in [-0.39, 0.29) is 11.8 Å². The van der Waals surface area contributed by atoms with E-state index in [1.807, 2.05) is 30.1 Å². The first-order chi connectivity index (χ1) is 12.6. The van der Waals surface area contributed by atoms with E-state index in [0.29, 0.717) is 31.2 Å². The summed E-state index contributed by atoms with van der Waals surface area (Å²) < 4.78 is 5.47. The number of benzene rings is 1. The lowest BCUT2D eigenvalue weighted by Gasteiger charge is -2.33. The van der Waals surface area contributed by atoms with Crippen LogP contribution in [0.1, 0.15) is 43.1 Å². The van der Waals surface area contributed by atoms with E-state index in [0.717, 1.165) is 12.8 Å². The summed E-state index contributed by atoms with van der Waals surface area (Å²) in [6, 6.07) is 9.69. The van der Waals surface area contributed by atoms with Crippen molar-refractivity contribution in [1.29, 1.82) is 0 Å². The summed E-state index contributed by atoms with van der Waals surface area (Å²) in [7, 11) is 1.93. The van der Waals surface area contributed by atoms with Gasteiger partial charge in [0.2, 0.25) is 5.89 Å². The minimum Gasteiger partial charge on any atom is -0.337 e. The maximum atomic E-state index is 12.0. The largest absolute Gasteiger partial charge is 0.337 e. The zero-order valence-corrected chi connectivity index (χ0v) is 14.6. The lowest BCUT2D eigenvalue weighted by molar-refractivity contribution is -0.125. The van der Waals surface area contributed by atoms with Crippen molar-refractivity contribution < 1.29 is 14.1 Å². The molecule has 1 aromatic carbocycles. The lowest BCUT2D eigenvalue weighted by atomic mass is 9.76. The van der Waals surface area contributed by atoms with Crippen LogP contribution >= 0.6 is 0 Å². The Morgan fingerprint density at radius 2 is 1.96 bits per heavy atom. The third-order valence-electron chi connectivity index (χ3n) is 5.24. The molecule has 136 valence electrons. The fraction of sp³-hybridized carbons (Fsp3) is 0.444. The fourth-order valence-electron chi connectivity index (χ4n) is 3.71. The number of nitrogens with one attached hydrogen (secondary N) is 2. The zero-order chi connectivity index (χ0) is 18.1. The fourth-order valence-corrected chi connectivity index (χ4v) is 3.71. The highest BCUT2D eigenvalue weighted by molar-refractivity contribution is 6.07. The van der Waals surface area contributed by atoms with E-state index < -0.39 is 11.6 Å². The Hall–Kier alpha value is -2.90. The van der Waals surface area contributed by atoms with Crippen LogP contribution in [0.15, 0.2) is 34.9 Å². The third kappa shape index (κ3) is 3.02. The predicted molar refractivity (Wildman–Crippen MR) is 93.5 cm³/mol. The molecular formula is C18H21N5O3. The summed E-state index contributed by atoms with van der Waals surface area (Å²) in [6.45, 7) is 0.694. The molecule has 2 N–H and O–H groups in total. The van der Waals surface area contributed by atoms with Crippen LogP contribution in [0.3, 0.4) is 0 Å². The number of imide groups is 1. The number of aromatic nitrogens is 2. The van der Waals surface area contributed by atoms with Crippen LogP contribution in [0.2, 0.25) is 0 Å². The second kappa shape index (κ2) is 6.44. The summed E-state index contributed by atoms with van der Waals surface area (Å²) in [6.07, 6.45) is 2.59. The summed E-state index contributed by atoms with van der Waals surface area (Å²) in [5.74, 6) is 1.03. The molecule has 0 unspecified atom stereocenters. The molecule has 8 heteroatoms. The third-order valence-corrected chi connectivity index (χ3v) is 5.24. The first-order valence-electron chi connectivity index (χ1n) is 8.78. The summed E-state index contributed by atoms with van der Waals surface area (Å²) >= 11 is 0. The minimum absolute atomic E-state index is 0.109. The maximum Gasteiger partial charge on any atom is 0.322 e. The Labute approximate surface area is 150 Å². The number of rotatable bonds is 4. The topological polar surface area (TPSA) is 100 Å². The molecule has 0 bridgehead atoms. The second-order valence-corrected chi connectivity index (χ2v) is 7.04. The average molecular weight is 355 g/mol. The van der Waals surface area contributed by atoms with Gasteiger partial charge in [0, 0.05) is 19.5 Å². The van der Waals surface area contributed by atoms with E-state index >= 15 is 0 Å². The van der Waals surface area contributed by atoms with E-state index in [1.54, 1.807) is 0 Å². The quantitative estimate of drug-likeness (QED) is 0.813. The predicted octanol–water partition coefficient (Wildman–Crippen LogP) is 1.94. The SMILES string of the molecule is CN(Cc1ccccc1)c1noc(C2CCC3(CC2)NC(=O)NC3=O)n1. The van der Waals surface area contributed by atoms with Gasteiger partial charge in [0.1, 0.15) is 5.54 Å². The molecule has 1 aromatic heterocycles. The van der Waals surface area contributed by atoms with Crippen molar-refractivity contribution in [3.63, 3.8) is 0 Å². The normalized spacial score (nSPS) is 25.2. The molecule has 1 saturated carbocycles. The molecule has 1 spiro atoms. The van der Waals surface area contributed by atoms with Gasteiger partial charge in [-0.1, -0.05) is 30.3 Å². The highest BCUT2D eigenvalue weighted by Crippen LogP contribution is 2.39. The van der Waals surface area contributed by atoms with Crippen molar-refractivity contribution >= 4 is 17.9 Å². The molecule has 2 heterocycles. The van der Waals surface area contributed by atoms with E-state index in [2.05, 4.69) is 32.9 Å². The van der Waals surface area contributed by atoms with Gasteiger partial charge < -0.3 is 14.7 Å². The van der Waals surface area contributed by atoms with E-state index in [9.17, 15) is 9.59 Å². The number of hydrogen-bond acceptors (Lipinski definition) is 6. The van der Waals surface area contributed by atoms with Crippen LogP contribution in [0.4, 0.5) is 10.7 Å². The van der Waals surface area contributed by atoms with Crippen LogP contribution in [0, 0.1) is 0 Å². The molecule has 4 rings (SSSR count). The Morgan fingerprint density at radius 1 is 1.23 bits per heavy atom. The summed E-state index contributed by atoms with van der Waals surface area (Å²) in [5, 5.41) is 9.19. The first kappa shape index (κ1) is 16.6. The minimum atomic E-state index is -0.763. The summed E-state index contributed by atoms with van der Waals surface area (Å²) in [5.41, 5.74) is 0.407. The van der Waals surface area contributed by atoms with Gasteiger partial charge in [0.15, 0.2) is 0 Å². The van der Waals surface area contributed by atoms with Gasteiger partial charge >= 0.3 is 6.03 Å². The number of hydrogen-bond donors (Lipinski definition) is 2. The van der Waals surface area contributed by atoms with Crippen molar-refractivity contribution in [3.8, 4) is 0 Å². The van der Waals surface area contributed by atoms with Crippen LogP contribution in [-0.2, 0) is 11.3 Å². The molecule has 1 aliphatic carbocycles. The number of nitrogens with zero attached hydrogens (tertiary/aromatic N) is 3. The lowest BCUT2D eigenvalue weighted by Crippen LogP contribution is -2.49. The highest BCUT2D eigenvalue weighted by atomic mass is 16.5. The highest BCUT2D eigenvalue weighted by Gasteiger charge is 2.48. The average Bonchev–Trinajstić information content (AvgIpc) is 3.22. The van der Waals surface area contributed by atoms with Gasteiger partial charge in [0.25, 0.3) is 11.9 Å². The molecule has 26 heavy (non-hydrogen) atoms. The van der Waals surface area contributed by atoms with Gasteiger partial charge in [-0.05, 0) is 36.4 Å². The van der Waals surface area contributed by atoms with Gasteiger partial charge in [0.05, 0.1) is 0 Å². The Kier molecular flexibility index (Phi) is 4.10. The molecular weight excluding hydrogens is 334 g/mol. The van der Waals surface area contributed by atoms with Crippen LogP contribution in [-0.4, -0.2) is 34.7 Å². The number of carbonyl (C=O) groups excluding carboxylic acids is 2. The molecule has 8 nitrogen and oxygen atoms in total. The van der Waals surface area contributed by atoms with Crippen molar-refractivity contribution in [3.05, 3.63) is 41.8 Å². The standard InChI is InChI=1S/C18H21N5O3/c1-23(11-12-5-3-2-4-6-12)16-19-14(26-22-16)13-7-9-18(10-8-13)15(24)20-17(25)21-18/h2-6,13H,7-11H2,1H3,(H2,20,21,24,25). The number of amides is 3. The zero-order valence-electron chi connectivity index (χ0n) is 14.6. The van der Waals surface area contributed by atoms with Crippen LogP contribution < -0.4 is 15.5 Å². The molecule has 2 fully saturated rings.